The number of hydrogen-bond acceptors (Lipinski definition) is 4. The Morgan fingerprint density at radius 1 is 1.45 bits per heavy atom. The molecule has 1 N–H and O–H groups in total. The summed E-state index contributed by atoms with van der Waals surface area (Å²) in [6.07, 6.45) is 3.04. The highest BCUT2D eigenvalue weighted by molar-refractivity contribution is 8.02. The van der Waals surface area contributed by atoms with Crippen LogP contribution in [-0.2, 0) is 16.0 Å². The Hall–Kier alpha value is -1.01. The van der Waals surface area contributed by atoms with Gasteiger partial charge in [0.05, 0.1) is 15.6 Å². The molecule has 0 saturated heterocycles. The number of thioether (sulfide) groups is 1. The molecular formula is C16H24N2O2S2. The minimum atomic E-state index is -0.0729. The Morgan fingerprint density at radius 3 is 2.91 bits per heavy atom. The van der Waals surface area contributed by atoms with Crippen molar-refractivity contribution in [2.75, 3.05) is 23.7 Å². The van der Waals surface area contributed by atoms with E-state index in [1.54, 1.807) is 28.0 Å². The van der Waals surface area contributed by atoms with Crippen molar-refractivity contribution in [2.24, 2.45) is 5.92 Å². The fourth-order valence-electron chi connectivity index (χ4n) is 2.32. The van der Waals surface area contributed by atoms with E-state index in [2.05, 4.69) is 32.2 Å². The molecule has 0 fully saturated rings. The molecule has 122 valence electrons. The predicted octanol–water partition coefficient (Wildman–Crippen LogP) is 3.30. The van der Waals surface area contributed by atoms with Gasteiger partial charge in [-0.25, -0.2) is 0 Å². The van der Waals surface area contributed by atoms with Crippen LogP contribution in [0.1, 0.15) is 38.5 Å². The summed E-state index contributed by atoms with van der Waals surface area (Å²) in [5.74, 6) is 0.969. The number of carbonyl (C=O) groups excluding carboxylic acids is 2. The van der Waals surface area contributed by atoms with Crippen LogP contribution in [0.4, 0.5) is 5.69 Å². The second-order valence-electron chi connectivity index (χ2n) is 5.96. The highest BCUT2D eigenvalue weighted by Gasteiger charge is 2.28. The number of rotatable bonds is 7. The van der Waals surface area contributed by atoms with Gasteiger partial charge in [0.25, 0.3) is 0 Å². The molecule has 1 aliphatic heterocycles. The predicted molar refractivity (Wildman–Crippen MR) is 93.9 cm³/mol. The first-order valence-corrected chi connectivity index (χ1v) is 9.64. The summed E-state index contributed by atoms with van der Waals surface area (Å²) in [6, 6.07) is 2.09. The highest BCUT2D eigenvalue weighted by atomic mass is 32.2. The number of nitrogens with one attached hydrogen (secondary N) is 1. The maximum atomic E-state index is 12.2. The number of fused-ring (bicyclic) bond motifs is 1. The average Bonchev–Trinajstić information content (AvgIpc) is 2.84. The normalized spacial score (nSPS) is 14.4. The molecule has 0 aliphatic carbocycles. The SMILES string of the molecule is CCCCNC(=O)CN1C(=O)CSc2sc(CC(C)C)cc21. The molecule has 0 unspecified atom stereocenters. The second kappa shape index (κ2) is 8.02. The van der Waals surface area contributed by atoms with Crippen molar-refractivity contribution in [3.8, 4) is 0 Å². The van der Waals surface area contributed by atoms with E-state index in [9.17, 15) is 9.59 Å². The third-order valence-corrected chi connectivity index (χ3v) is 5.82. The van der Waals surface area contributed by atoms with Crippen LogP contribution >= 0.6 is 23.1 Å². The summed E-state index contributed by atoms with van der Waals surface area (Å²) >= 11 is 3.35. The summed E-state index contributed by atoms with van der Waals surface area (Å²) in [4.78, 5) is 27.1. The molecule has 22 heavy (non-hydrogen) atoms. The molecule has 1 aromatic rings. The van der Waals surface area contributed by atoms with Gasteiger partial charge in [0.2, 0.25) is 11.8 Å². The van der Waals surface area contributed by atoms with E-state index in [0.29, 0.717) is 18.2 Å². The molecule has 0 saturated carbocycles. The molecule has 0 aromatic carbocycles. The molecule has 4 nitrogen and oxygen atoms in total. The lowest BCUT2D eigenvalue weighted by atomic mass is 10.1. The summed E-state index contributed by atoms with van der Waals surface area (Å²) < 4.78 is 1.16. The van der Waals surface area contributed by atoms with E-state index in [4.69, 9.17) is 0 Å². The van der Waals surface area contributed by atoms with Gasteiger partial charge in [0, 0.05) is 11.4 Å². The Labute approximate surface area is 140 Å². The molecule has 2 rings (SSSR count). The van der Waals surface area contributed by atoms with Gasteiger partial charge >= 0.3 is 0 Å². The highest BCUT2D eigenvalue weighted by Crippen LogP contribution is 2.42. The summed E-state index contributed by atoms with van der Waals surface area (Å²) in [7, 11) is 0. The van der Waals surface area contributed by atoms with Gasteiger partial charge in [-0.15, -0.1) is 23.1 Å². The van der Waals surface area contributed by atoms with Crippen LogP contribution in [0.2, 0.25) is 0 Å². The molecule has 0 spiro atoms. The van der Waals surface area contributed by atoms with Gasteiger partial charge in [0.1, 0.15) is 6.54 Å². The van der Waals surface area contributed by atoms with Crippen molar-refractivity contribution < 1.29 is 9.59 Å². The number of nitrogens with zero attached hydrogens (tertiary/aromatic N) is 1. The van der Waals surface area contributed by atoms with Crippen LogP contribution in [-0.4, -0.2) is 30.7 Å². The first-order chi connectivity index (χ1) is 10.5. The minimum Gasteiger partial charge on any atom is -0.355 e. The van der Waals surface area contributed by atoms with Crippen LogP contribution in [0, 0.1) is 5.92 Å². The van der Waals surface area contributed by atoms with E-state index in [1.807, 2.05) is 0 Å². The fourth-order valence-corrected chi connectivity index (χ4v) is 4.88. The lowest BCUT2D eigenvalue weighted by Gasteiger charge is -2.25. The second-order valence-corrected chi connectivity index (χ2v) is 8.34. The van der Waals surface area contributed by atoms with Gasteiger partial charge < -0.3 is 10.2 Å². The number of amides is 2. The lowest BCUT2D eigenvalue weighted by molar-refractivity contribution is -0.122. The molecule has 6 heteroatoms. The number of hydrogen-bond donors (Lipinski definition) is 1. The Balaban J connectivity index is 2.07. The van der Waals surface area contributed by atoms with Crippen LogP contribution < -0.4 is 10.2 Å². The summed E-state index contributed by atoms with van der Waals surface area (Å²) in [6.45, 7) is 7.28. The van der Waals surface area contributed by atoms with Gasteiger partial charge in [0.15, 0.2) is 0 Å². The molecule has 1 aromatic heterocycles. The molecule has 0 atom stereocenters. The topological polar surface area (TPSA) is 49.4 Å². The zero-order valence-corrected chi connectivity index (χ0v) is 15.1. The Bertz CT molecular complexity index is 540. The number of carbonyl (C=O) groups is 2. The maximum absolute atomic E-state index is 12.2. The van der Waals surface area contributed by atoms with E-state index in [-0.39, 0.29) is 18.4 Å². The van der Waals surface area contributed by atoms with Crippen LogP contribution in [0.5, 0.6) is 0 Å². The molecule has 0 radical (unpaired) electrons. The van der Waals surface area contributed by atoms with Crippen molar-refractivity contribution in [1.29, 1.82) is 0 Å². The van der Waals surface area contributed by atoms with Crippen LogP contribution in [0.3, 0.4) is 0 Å². The van der Waals surface area contributed by atoms with E-state index < -0.39 is 0 Å². The number of anilines is 1. The minimum absolute atomic E-state index is 0.0250. The molecule has 1 aliphatic rings. The quantitative estimate of drug-likeness (QED) is 0.775. The zero-order valence-electron chi connectivity index (χ0n) is 13.5. The van der Waals surface area contributed by atoms with Crippen LogP contribution in [0.15, 0.2) is 10.3 Å². The van der Waals surface area contributed by atoms with Crippen molar-refractivity contribution in [3.05, 3.63) is 10.9 Å². The molecule has 2 amide bonds. The average molecular weight is 341 g/mol. The first kappa shape index (κ1) is 17.3. The smallest absolute Gasteiger partial charge is 0.240 e. The monoisotopic (exact) mass is 340 g/mol. The molecular weight excluding hydrogens is 316 g/mol. The van der Waals surface area contributed by atoms with Gasteiger partial charge in [-0.1, -0.05) is 27.2 Å². The van der Waals surface area contributed by atoms with Gasteiger partial charge in [-0.2, -0.15) is 0 Å². The number of thiophene rings is 1. The Kier molecular flexibility index (Phi) is 6.32. The standard InChI is InChI=1S/C16H24N2O2S2/c1-4-5-6-17-14(19)9-18-13-8-12(7-11(2)3)22-16(13)21-10-15(18)20/h8,11H,4-7,9-10H2,1-3H3,(H,17,19). The third-order valence-electron chi connectivity index (χ3n) is 3.41. The van der Waals surface area contributed by atoms with Crippen molar-refractivity contribution in [2.45, 2.75) is 44.2 Å². The zero-order chi connectivity index (χ0) is 16.1. The lowest BCUT2D eigenvalue weighted by Crippen LogP contribution is -2.43. The first-order valence-electron chi connectivity index (χ1n) is 7.83. The van der Waals surface area contributed by atoms with E-state index in [1.165, 1.54) is 4.88 Å². The molecule has 0 bridgehead atoms. The fraction of sp³-hybridized carbons (Fsp3) is 0.625. The van der Waals surface area contributed by atoms with Crippen molar-refractivity contribution in [1.82, 2.24) is 5.32 Å². The maximum Gasteiger partial charge on any atom is 0.240 e. The summed E-state index contributed by atoms with van der Waals surface area (Å²) in [5, 5.41) is 2.89. The van der Waals surface area contributed by atoms with E-state index >= 15 is 0 Å². The summed E-state index contributed by atoms with van der Waals surface area (Å²) in [5.41, 5.74) is 0.924. The molecule has 2 heterocycles. The Morgan fingerprint density at radius 2 is 2.23 bits per heavy atom. The van der Waals surface area contributed by atoms with Gasteiger partial charge in [-0.05, 0) is 24.8 Å². The number of unbranched alkanes of at least 4 members (excludes halogenated alkanes) is 1. The van der Waals surface area contributed by atoms with Crippen molar-refractivity contribution in [3.63, 3.8) is 0 Å². The van der Waals surface area contributed by atoms with Crippen molar-refractivity contribution >= 4 is 40.6 Å². The largest absolute Gasteiger partial charge is 0.355 e. The van der Waals surface area contributed by atoms with Crippen LogP contribution in [0.25, 0.3) is 0 Å². The van der Waals surface area contributed by atoms with E-state index in [0.717, 1.165) is 29.2 Å². The van der Waals surface area contributed by atoms with Gasteiger partial charge in [-0.3, -0.25) is 9.59 Å². The third kappa shape index (κ3) is 4.49.